The van der Waals surface area contributed by atoms with Crippen LogP contribution in [-0.4, -0.2) is 9.97 Å². The fourth-order valence-corrected chi connectivity index (χ4v) is 8.24. The van der Waals surface area contributed by atoms with E-state index in [0.29, 0.717) is 5.82 Å². The zero-order valence-electron chi connectivity index (χ0n) is 27.8. The van der Waals surface area contributed by atoms with E-state index in [1.807, 2.05) is 42.5 Å². The normalized spacial score (nSPS) is 14.1. The first-order valence-corrected chi connectivity index (χ1v) is 17.6. The topological polar surface area (TPSA) is 49.6 Å². The van der Waals surface area contributed by atoms with Gasteiger partial charge in [-0.2, -0.15) is 5.26 Å². The van der Waals surface area contributed by atoms with Crippen molar-refractivity contribution < 1.29 is 0 Å². The maximum absolute atomic E-state index is 9.73. The van der Waals surface area contributed by atoms with Gasteiger partial charge in [-0.1, -0.05) is 135 Å². The number of fused-ring (bicyclic) bond motifs is 5. The second-order valence-corrected chi connectivity index (χ2v) is 13.6. The van der Waals surface area contributed by atoms with Gasteiger partial charge in [0.15, 0.2) is 5.82 Å². The fraction of sp³-hybridized carbons (Fsp3) is 0.128. The minimum atomic E-state index is -0.00746. The zero-order valence-corrected chi connectivity index (χ0v) is 27.8. The first-order chi connectivity index (χ1) is 24.7. The van der Waals surface area contributed by atoms with Gasteiger partial charge in [-0.3, -0.25) is 0 Å². The lowest BCUT2D eigenvalue weighted by molar-refractivity contribution is 0.353. The van der Waals surface area contributed by atoms with Crippen molar-refractivity contribution in [3.63, 3.8) is 0 Å². The third kappa shape index (κ3) is 5.21. The average molecular weight is 642 g/mol. The SMILES string of the molecule is N#Cc1ccc2c(c1)C1(CCCCC1)c1cc(-c3cccc(-c4cccc(-c5cc(-c6ccccc6)nc(-c6ccccc6)n5)c4)c3)ccc1-2. The van der Waals surface area contributed by atoms with Crippen LogP contribution in [0, 0.1) is 11.3 Å². The first kappa shape index (κ1) is 30.0. The van der Waals surface area contributed by atoms with E-state index >= 15 is 0 Å². The Labute approximate surface area is 293 Å². The van der Waals surface area contributed by atoms with Crippen molar-refractivity contribution in [2.24, 2.45) is 0 Å². The molecule has 238 valence electrons. The summed E-state index contributed by atoms with van der Waals surface area (Å²) in [5, 5.41) is 9.73. The summed E-state index contributed by atoms with van der Waals surface area (Å²) in [6.45, 7) is 0. The molecule has 1 spiro atoms. The number of nitrogens with zero attached hydrogens (tertiary/aromatic N) is 3. The van der Waals surface area contributed by atoms with E-state index in [1.165, 1.54) is 58.2 Å². The van der Waals surface area contributed by atoms with E-state index in [1.54, 1.807) is 0 Å². The number of nitriles is 1. The molecule has 50 heavy (non-hydrogen) atoms. The molecule has 6 aromatic carbocycles. The largest absolute Gasteiger partial charge is 0.228 e. The van der Waals surface area contributed by atoms with E-state index in [9.17, 15) is 5.26 Å². The van der Waals surface area contributed by atoms with Crippen LogP contribution in [0.1, 0.15) is 48.8 Å². The van der Waals surface area contributed by atoms with E-state index in [2.05, 4.69) is 115 Å². The maximum Gasteiger partial charge on any atom is 0.160 e. The highest BCUT2D eigenvalue weighted by molar-refractivity contribution is 5.85. The molecule has 0 N–H and O–H groups in total. The van der Waals surface area contributed by atoms with E-state index in [0.717, 1.165) is 52.0 Å². The lowest BCUT2D eigenvalue weighted by atomic mass is 9.67. The summed E-state index contributed by atoms with van der Waals surface area (Å²) in [5.41, 5.74) is 15.8. The molecule has 9 rings (SSSR count). The van der Waals surface area contributed by atoms with Gasteiger partial charge < -0.3 is 0 Å². The van der Waals surface area contributed by atoms with Crippen LogP contribution in [0.4, 0.5) is 0 Å². The molecule has 1 saturated carbocycles. The number of aromatic nitrogens is 2. The molecule has 3 nitrogen and oxygen atoms in total. The minimum Gasteiger partial charge on any atom is -0.228 e. The Hall–Kier alpha value is -6.11. The summed E-state index contributed by atoms with van der Waals surface area (Å²) in [5.74, 6) is 0.715. The molecule has 0 radical (unpaired) electrons. The van der Waals surface area contributed by atoms with Crippen molar-refractivity contribution in [3.8, 4) is 73.4 Å². The van der Waals surface area contributed by atoms with Crippen LogP contribution >= 0.6 is 0 Å². The first-order valence-electron chi connectivity index (χ1n) is 17.6. The molecule has 0 aliphatic heterocycles. The van der Waals surface area contributed by atoms with Gasteiger partial charge >= 0.3 is 0 Å². The van der Waals surface area contributed by atoms with Crippen LogP contribution in [0.3, 0.4) is 0 Å². The van der Waals surface area contributed by atoms with Gasteiger partial charge in [0.1, 0.15) is 0 Å². The second-order valence-electron chi connectivity index (χ2n) is 13.6. The van der Waals surface area contributed by atoms with Crippen LogP contribution in [0.5, 0.6) is 0 Å². The monoisotopic (exact) mass is 641 g/mol. The predicted molar refractivity (Wildman–Crippen MR) is 203 cm³/mol. The molecule has 0 saturated heterocycles. The second kappa shape index (κ2) is 12.4. The van der Waals surface area contributed by atoms with Crippen LogP contribution in [0.2, 0.25) is 0 Å². The Morgan fingerprint density at radius 3 is 1.62 bits per heavy atom. The Morgan fingerprint density at radius 2 is 0.960 bits per heavy atom. The lowest BCUT2D eigenvalue weighted by Gasteiger charge is -2.36. The summed E-state index contributed by atoms with van der Waals surface area (Å²) in [4.78, 5) is 10.1. The van der Waals surface area contributed by atoms with Crippen LogP contribution in [0.15, 0.2) is 152 Å². The highest BCUT2D eigenvalue weighted by Gasteiger charge is 2.44. The Bertz CT molecular complexity index is 2360. The van der Waals surface area contributed by atoms with Crippen molar-refractivity contribution in [2.45, 2.75) is 37.5 Å². The molecule has 0 amide bonds. The molecule has 7 aromatic rings. The van der Waals surface area contributed by atoms with Gasteiger partial charge in [-0.15, -0.1) is 0 Å². The standard InChI is InChI=1S/C47H35N3/c48-31-32-20-22-40-41-23-21-38(29-43(41)47(42(40)26-32)24-8-3-9-25-47)36-17-10-16-35(27-36)37-18-11-19-39(28-37)45-30-44(33-12-4-1-5-13-33)49-46(50-45)34-14-6-2-7-15-34/h1-2,4-7,10-23,26-30H,3,8-9,24-25H2. The van der Waals surface area contributed by atoms with Gasteiger partial charge in [0.25, 0.3) is 0 Å². The summed E-state index contributed by atoms with van der Waals surface area (Å²) in [6, 6.07) is 55.9. The van der Waals surface area contributed by atoms with Gasteiger partial charge in [-0.25, -0.2) is 9.97 Å². The number of hydrogen-bond acceptors (Lipinski definition) is 3. The van der Waals surface area contributed by atoms with Crippen molar-refractivity contribution in [1.82, 2.24) is 9.97 Å². The molecule has 0 atom stereocenters. The third-order valence-electron chi connectivity index (χ3n) is 10.7. The Morgan fingerprint density at radius 1 is 0.440 bits per heavy atom. The smallest absolute Gasteiger partial charge is 0.160 e. The number of rotatable bonds is 5. The Balaban J connectivity index is 1.10. The molecule has 3 heteroatoms. The average Bonchev–Trinajstić information content (AvgIpc) is 3.45. The fourth-order valence-electron chi connectivity index (χ4n) is 8.24. The highest BCUT2D eigenvalue weighted by Crippen LogP contribution is 2.56. The molecule has 1 aromatic heterocycles. The zero-order chi connectivity index (χ0) is 33.5. The molecule has 1 fully saturated rings. The third-order valence-corrected chi connectivity index (χ3v) is 10.7. The quantitative estimate of drug-likeness (QED) is 0.188. The molecule has 2 aliphatic rings. The van der Waals surface area contributed by atoms with Gasteiger partial charge in [0.05, 0.1) is 23.0 Å². The van der Waals surface area contributed by atoms with Gasteiger partial charge in [0, 0.05) is 22.1 Å². The van der Waals surface area contributed by atoms with Crippen LogP contribution in [0.25, 0.3) is 67.3 Å². The van der Waals surface area contributed by atoms with Crippen LogP contribution in [-0.2, 0) is 5.41 Å². The Kier molecular flexibility index (Phi) is 7.44. The molecule has 1 heterocycles. The van der Waals surface area contributed by atoms with Crippen molar-refractivity contribution in [3.05, 3.63) is 168 Å². The summed E-state index contributed by atoms with van der Waals surface area (Å²) >= 11 is 0. The van der Waals surface area contributed by atoms with E-state index in [-0.39, 0.29) is 5.41 Å². The van der Waals surface area contributed by atoms with Gasteiger partial charge in [0.2, 0.25) is 0 Å². The van der Waals surface area contributed by atoms with Crippen molar-refractivity contribution >= 4 is 0 Å². The summed E-state index contributed by atoms with van der Waals surface area (Å²) < 4.78 is 0. The number of hydrogen-bond donors (Lipinski definition) is 0. The van der Waals surface area contributed by atoms with Crippen molar-refractivity contribution in [2.75, 3.05) is 0 Å². The molecule has 0 bridgehead atoms. The summed E-state index contributed by atoms with van der Waals surface area (Å²) in [6.07, 6.45) is 6.00. The minimum absolute atomic E-state index is 0.00746. The lowest BCUT2D eigenvalue weighted by Crippen LogP contribution is -2.28. The molecule has 2 aliphatic carbocycles. The van der Waals surface area contributed by atoms with E-state index < -0.39 is 0 Å². The van der Waals surface area contributed by atoms with Gasteiger partial charge in [-0.05, 0) is 93.7 Å². The molecular formula is C47H35N3. The summed E-state index contributed by atoms with van der Waals surface area (Å²) in [7, 11) is 0. The molecular weight excluding hydrogens is 607 g/mol. The maximum atomic E-state index is 9.73. The number of benzene rings is 6. The predicted octanol–water partition coefficient (Wildman–Crippen LogP) is 11.9. The van der Waals surface area contributed by atoms with Crippen molar-refractivity contribution in [1.29, 1.82) is 5.26 Å². The highest BCUT2D eigenvalue weighted by atomic mass is 14.9. The van der Waals surface area contributed by atoms with Crippen LogP contribution < -0.4 is 0 Å². The van der Waals surface area contributed by atoms with E-state index in [4.69, 9.17) is 9.97 Å². The molecule has 0 unspecified atom stereocenters.